The molecule has 0 aliphatic heterocycles. The molecular formula is C21H12Cl2F2N2. The molecule has 0 aliphatic rings. The average molecular weight is 401 g/mol. The van der Waals surface area contributed by atoms with Gasteiger partial charge in [-0.3, -0.25) is 4.98 Å². The first-order valence-electron chi connectivity index (χ1n) is 8.12. The third-order valence-electron chi connectivity index (χ3n) is 4.31. The third-order valence-corrected chi connectivity index (χ3v) is 4.82. The van der Waals surface area contributed by atoms with Gasteiger partial charge in [-0.05, 0) is 48.4 Å². The van der Waals surface area contributed by atoms with Crippen LogP contribution < -0.4 is 0 Å². The maximum absolute atomic E-state index is 14.3. The molecule has 0 saturated heterocycles. The predicted octanol–water partition coefficient (Wildman–Crippen LogP) is 6.86. The van der Waals surface area contributed by atoms with Gasteiger partial charge in [0.25, 0.3) is 0 Å². The lowest BCUT2D eigenvalue weighted by Gasteiger charge is -2.13. The minimum Gasteiger partial charge on any atom is -0.254 e. The van der Waals surface area contributed by atoms with Gasteiger partial charge in [-0.2, -0.15) is 0 Å². The van der Waals surface area contributed by atoms with Crippen molar-refractivity contribution < 1.29 is 8.78 Å². The van der Waals surface area contributed by atoms with Gasteiger partial charge in [0.15, 0.2) is 0 Å². The Kier molecular flexibility index (Phi) is 4.54. The number of halogens is 4. The van der Waals surface area contributed by atoms with Crippen molar-refractivity contribution in [1.82, 2.24) is 9.97 Å². The molecule has 2 aromatic carbocycles. The lowest BCUT2D eigenvalue weighted by molar-refractivity contribution is 0.589. The second-order valence-corrected chi connectivity index (χ2v) is 6.92. The van der Waals surface area contributed by atoms with Crippen molar-refractivity contribution in [2.75, 3.05) is 0 Å². The Morgan fingerprint density at radius 2 is 1.63 bits per heavy atom. The van der Waals surface area contributed by atoms with Crippen molar-refractivity contribution in [2.45, 2.75) is 6.92 Å². The molecule has 0 N–H and O–H groups in total. The van der Waals surface area contributed by atoms with Crippen LogP contribution >= 0.6 is 23.2 Å². The monoisotopic (exact) mass is 400 g/mol. The summed E-state index contributed by atoms with van der Waals surface area (Å²) in [5.74, 6) is -1.43. The van der Waals surface area contributed by atoms with E-state index < -0.39 is 11.6 Å². The molecule has 134 valence electrons. The van der Waals surface area contributed by atoms with Crippen molar-refractivity contribution in [1.29, 1.82) is 0 Å². The first kappa shape index (κ1) is 17.8. The van der Waals surface area contributed by atoms with Crippen LogP contribution in [-0.2, 0) is 0 Å². The predicted molar refractivity (Wildman–Crippen MR) is 105 cm³/mol. The second-order valence-electron chi connectivity index (χ2n) is 6.13. The van der Waals surface area contributed by atoms with Crippen molar-refractivity contribution in [3.05, 3.63) is 82.1 Å². The summed E-state index contributed by atoms with van der Waals surface area (Å²) >= 11 is 12.7. The van der Waals surface area contributed by atoms with Crippen LogP contribution in [0, 0.1) is 18.6 Å². The van der Waals surface area contributed by atoms with E-state index in [1.165, 1.54) is 24.4 Å². The summed E-state index contributed by atoms with van der Waals surface area (Å²) in [6.07, 6.45) is 1.49. The van der Waals surface area contributed by atoms with E-state index >= 15 is 0 Å². The Labute approximate surface area is 164 Å². The fraction of sp³-hybridized carbons (Fsp3) is 0.0476. The zero-order valence-corrected chi connectivity index (χ0v) is 15.6. The molecule has 0 unspecified atom stereocenters. The molecule has 0 aliphatic carbocycles. The maximum atomic E-state index is 14.3. The van der Waals surface area contributed by atoms with Crippen LogP contribution in [0.4, 0.5) is 8.78 Å². The molecule has 27 heavy (non-hydrogen) atoms. The molecule has 0 atom stereocenters. The molecule has 0 bridgehead atoms. The summed E-state index contributed by atoms with van der Waals surface area (Å²) in [6, 6.07) is 12.7. The SMILES string of the molecule is Cc1ccc(-c2cc(Cl)nc3c(-c4c(F)cccc4F)nccc23)c(Cl)c1. The summed E-state index contributed by atoms with van der Waals surface area (Å²) in [5.41, 5.74) is 2.65. The summed E-state index contributed by atoms with van der Waals surface area (Å²) in [6.45, 7) is 1.94. The topological polar surface area (TPSA) is 25.8 Å². The first-order valence-corrected chi connectivity index (χ1v) is 8.87. The number of rotatable bonds is 2. The lowest BCUT2D eigenvalue weighted by atomic mass is 9.98. The molecule has 0 radical (unpaired) electrons. The van der Waals surface area contributed by atoms with E-state index in [-0.39, 0.29) is 16.4 Å². The minimum absolute atomic E-state index is 0.0927. The Morgan fingerprint density at radius 1 is 0.889 bits per heavy atom. The first-order chi connectivity index (χ1) is 13.0. The largest absolute Gasteiger partial charge is 0.254 e. The molecule has 2 nitrogen and oxygen atoms in total. The molecular weight excluding hydrogens is 389 g/mol. The van der Waals surface area contributed by atoms with Crippen molar-refractivity contribution in [3.63, 3.8) is 0 Å². The summed E-state index contributed by atoms with van der Waals surface area (Å²) < 4.78 is 28.7. The van der Waals surface area contributed by atoms with E-state index in [0.29, 0.717) is 15.9 Å². The Balaban J connectivity index is 2.08. The van der Waals surface area contributed by atoms with Gasteiger partial charge in [-0.1, -0.05) is 41.4 Å². The van der Waals surface area contributed by atoms with E-state index in [9.17, 15) is 8.78 Å². The van der Waals surface area contributed by atoms with Crippen LogP contribution in [0.5, 0.6) is 0 Å². The highest BCUT2D eigenvalue weighted by molar-refractivity contribution is 6.34. The zero-order chi connectivity index (χ0) is 19.1. The molecule has 6 heteroatoms. The average Bonchev–Trinajstić information content (AvgIpc) is 2.61. The van der Waals surface area contributed by atoms with Gasteiger partial charge in [0.05, 0.1) is 11.1 Å². The standard InChI is InChI=1S/C21H12Cl2F2N2/c1-11-5-6-12(15(22)9-11)14-10-18(23)27-20-13(14)7-8-26-21(20)19-16(24)3-2-4-17(19)25/h2-10H,1H3. The fourth-order valence-electron chi connectivity index (χ4n) is 3.09. The number of benzene rings is 2. The van der Waals surface area contributed by atoms with Crippen LogP contribution in [-0.4, -0.2) is 9.97 Å². The molecule has 0 amide bonds. The van der Waals surface area contributed by atoms with Crippen LogP contribution in [0.3, 0.4) is 0 Å². The van der Waals surface area contributed by atoms with E-state index in [0.717, 1.165) is 16.7 Å². The Hall–Kier alpha value is -2.56. The quantitative estimate of drug-likeness (QED) is 0.343. The Bertz CT molecular complexity index is 1170. The van der Waals surface area contributed by atoms with Gasteiger partial charge >= 0.3 is 0 Å². The molecule has 0 fully saturated rings. The minimum atomic E-state index is -0.716. The number of hydrogen-bond acceptors (Lipinski definition) is 2. The molecule has 0 spiro atoms. The normalized spacial score (nSPS) is 11.1. The second kappa shape index (κ2) is 6.87. The zero-order valence-electron chi connectivity index (χ0n) is 14.1. The molecule has 4 rings (SSSR count). The van der Waals surface area contributed by atoms with Crippen molar-refractivity contribution >= 4 is 34.1 Å². The highest BCUT2D eigenvalue weighted by Gasteiger charge is 2.19. The Morgan fingerprint density at radius 3 is 2.33 bits per heavy atom. The highest BCUT2D eigenvalue weighted by Crippen LogP contribution is 2.38. The van der Waals surface area contributed by atoms with E-state index in [1.807, 2.05) is 25.1 Å². The van der Waals surface area contributed by atoms with Crippen molar-refractivity contribution in [3.8, 4) is 22.4 Å². The van der Waals surface area contributed by atoms with E-state index in [4.69, 9.17) is 23.2 Å². The van der Waals surface area contributed by atoms with E-state index in [2.05, 4.69) is 9.97 Å². The van der Waals surface area contributed by atoms with Crippen LogP contribution in [0.1, 0.15) is 5.56 Å². The molecule has 2 heterocycles. The lowest BCUT2D eigenvalue weighted by Crippen LogP contribution is -1.97. The maximum Gasteiger partial charge on any atom is 0.135 e. The number of aromatic nitrogens is 2. The number of nitrogens with zero attached hydrogens (tertiary/aromatic N) is 2. The third kappa shape index (κ3) is 3.15. The van der Waals surface area contributed by atoms with Crippen molar-refractivity contribution in [2.24, 2.45) is 0 Å². The summed E-state index contributed by atoms with van der Waals surface area (Å²) in [4.78, 5) is 8.47. The highest BCUT2D eigenvalue weighted by atomic mass is 35.5. The van der Waals surface area contributed by atoms with Gasteiger partial charge < -0.3 is 0 Å². The summed E-state index contributed by atoms with van der Waals surface area (Å²) in [5, 5.41) is 1.38. The van der Waals surface area contributed by atoms with Crippen LogP contribution in [0.15, 0.2) is 54.7 Å². The van der Waals surface area contributed by atoms with Gasteiger partial charge in [-0.15, -0.1) is 0 Å². The molecule has 0 saturated carbocycles. The van der Waals surface area contributed by atoms with Gasteiger partial charge in [0.2, 0.25) is 0 Å². The van der Waals surface area contributed by atoms with Gasteiger partial charge in [0, 0.05) is 22.2 Å². The number of aryl methyl sites for hydroxylation is 1. The van der Waals surface area contributed by atoms with Gasteiger partial charge in [-0.25, -0.2) is 13.8 Å². The summed E-state index contributed by atoms with van der Waals surface area (Å²) in [7, 11) is 0. The van der Waals surface area contributed by atoms with Crippen LogP contribution in [0.25, 0.3) is 33.3 Å². The number of pyridine rings is 2. The molecule has 4 aromatic rings. The smallest absolute Gasteiger partial charge is 0.135 e. The number of fused-ring (bicyclic) bond motifs is 1. The molecule has 2 aromatic heterocycles. The van der Waals surface area contributed by atoms with E-state index in [1.54, 1.807) is 12.1 Å². The fourth-order valence-corrected chi connectivity index (χ4v) is 3.62. The van der Waals surface area contributed by atoms with Gasteiger partial charge in [0.1, 0.15) is 22.5 Å². The van der Waals surface area contributed by atoms with Crippen LogP contribution in [0.2, 0.25) is 10.2 Å². The number of hydrogen-bond donors (Lipinski definition) is 0.